The van der Waals surface area contributed by atoms with Crippen molar-refractivity contribution in [2.24, 2.45) is 5.92 Å². The van der Waals surface area contributed by atoms with Crippen molar-refractivity contribution in [2.75, 3.05) is 0 Å². The molecule has 2 fully saturated rings. The normalized spacial score (nSPS) is 30.1. The van der Waals surface area contributed by atoms with Gasteiger partial charge >= 0.3 is 12.0 Å². The minimum absolute atomic E-state index is 0.0460. The van der Waals surface area contributed by atoms with Crippen molar-refractivity contribution in [3.8, 4) is 12.3 Å². The Kier molecular flexibility index (Phi) is 2.97. The third-order valence-electron chi connectivity index (χ3n) is 3.87. The lowest BCUT2D eigenvalue weighted by Gasteiger charge is -2.28. The van der Waals surface area contributed by atoms with Gasteiger partial charge in [-0.05, 0) is 33.1 Å². The van der Waals surface area contributed by atoms with E-state index in [4.69, 9.17) is 11.5 Å². The van der Waals surface area contributed by atoms with Gasteiger partial charge in [-0.15, -0.1) is 6.42 Å². The van der Waals surface area contributed by atoms with Crippen LogP contribution in [0, 0.1) is 18.3 Å². The van der Waals surface area contributed by atoms with E-state index in [9.17, 15) is 9.59 Å². The van der Waals surface area contributed by atoms with E-state index < -0.39 is 17.4 Å². The number of aliphatic carboxylic acids is 1. The van der Waals surface area contributed by atoms with Crippen LogP contribution in [0.4, 0.5) is 4.79 Å². The molecule has 0 saturated carbocycles. The van der Waals surface area contributed by atoms with Crippen LogP contribution in [0.15, 0.2) is 0 Å². The molecule has 2 aliphatic rings. The molecule has 0 aromatic heterocycles. The van der Waals surface area contributed by atoms with Gasteiger partial charge in [0, 0.05) is 12.1 Å². The van der Waals surface area contributed by atoms with Crippen molar-refractivity contribution < 1.29 is 14.7 Å². The van der Waals surface area contributed by atoms with Crippen molar-refractivity contribution in [3.63, 3.8) is 0 Å². The van der Waals surface area contributed by atoms with Crippen LogP contribution in [0.25, 0.3) is 0 Å². The van der Waals surface area contributed by atoms with E-state index in [0.29, 0.717) is 6.42 Å². The first kappa shape index (κ1) is 12.7. The van der Waals surface area contributed by atoms with Gasteiger partial charge in [0.15, 0.2) is 0 Å². The number of carboxylic acids is 1. The Morgan fingerprint density at radius 2 is 2.11 bits per heavy atom. The third kappa shape index (κ3) is 2.03. The predicted molar refractivity (Wildman–Crippen MR) is 65.8 cm³/mol. The molecule has 2 amide bonds. The molecule has 98 valence electrons. The number of hydrogen-bond acceptors (Lipinski definition) is 2. The van der Waals surface area contributed by atoms with Gasteiger partial charge in [-0.25, -0.2) is 4.79 Å². The fraction of sp³-hybridized carbons (Fsp3) is 0.692. The fourth-order valence-electron chi connectivity index (χ4n) is 2.94. The largest absolute Gasteiger partial charge is 0.481 e. The summed E-state index contributed by atoms with van der Waals surface area (Å²) in [4.78, 5) is 25.0. The highest BCUT2D eigenvalue weighted by molar-refractivity contribution is 5.80. The van der Waals surface area contributed by atoms with Gasteiger partial charge < -0.3 is 15.3 Å². The van der Waals surface area contributed by atoms with Gasteiger partial charge in [-0.1, -0.05) is 5.92 Å². The van der Waals surface area contributed by atoms with Crippen LogP contribution < -0.4 is 5.32 Å². The van der Waals surface area contributed by atoms with Crippen molar-refractivity contribution in [1.82, 2.24) is 10.2 Å². The molecule has 18 heavy (non-hydrogen) atoms. The Balaban J connectivity index is 2.09. The molecule has 2 bridgehead atoms. The number of carbonyl (C=O) groups is 2. The average Bonchev–Trinajstić information content (AvgIpc) is 2.85. The van der Waals surface area contributed by atoms with Crippen molar-refractivity contribution in [3.05, 3.63) is 0 Å². The summed E-state index contributed by atoms with van der Waals surface area (Å²) >= 11 is 0. The molecule has 2 rings (SSSR count). The van der Waals surface area contributed by atoms with E-state index in [1.807, 2.05) is 0 Å². The lowest BCUT2D eigenvalue weighted by Crippen LogP contribution is -2.51. The molecule has 0 radical (unpaired) electrons. The number of carbonyl (C=O) groups excluding carboxylic acids is 1. The molecule has 3 atom stereocenters. The zero-order valence-electron chi connectivity index (χ0n) is 10.6. The number of nitrogens with zero attached hydrogens (tertiary/aromatic N) is 1. The maximum Gasteiger partial charge on any atom is 0.319 e. The molecule has 2 aliphatic heterocycles. The van der Waals surface area contributed by atoms with Gasteiger partial charge in [-0.2, -0.15) is 0 Å². The molecule has 0 aromatic carbocycles. The summed E-state index contributed by atoms with van der Waals surface area (Å²) in [7, 11) is 0. The number of fused-ring (bicyclic) bond motifs is 2. The number of urea groups is 1. The second-order valence-corrected chi connectivity index (χ2v) is 5.59. The first-order valence-electron chi connectivity index (χ1n) is 6.17. The van der Waals surface area contributed by atoms with Crippen LogP contribution in [-0.2, 0) is 4.79 Å². The van der Waals surface area contributed by atoms with E-state index in [0.717, 1.165) is 12.8 Å². The zero-order chi connectivity index (χ0) is 13.5. The molecule has 5 heteroatoms. The van der Waals surface area contributed by atoms with Gasteiger partial charge in [-0.3, -0.25) is 4.79 Å². The lowest BCUT2D eigenvalue weighted by atomic mass is 9.89. The van der Waals surface area contributed by atoms with Crippen molar-refractivity contribution >= 4 is 12.0 Å². The Morgan fingerprint density at radius 3 is 2.61 bits per heavy atom. The summed E-state index contributed by atoms with van der Waals surface area (Å²) in [6.45, 7) is 3.50. The molecule has 2 saturated heterocycles. The van der Waals surface area contributed by atoms with Gasteiger partial charge in [0.1, 0.15) is 0 Å². The SMILES string of the molecule is C#CC(C)(C)NC(=O)N1C2CCC1C(C(=O)O)C2. The molecule has 2 heterocycles. The Hall–Kier alpha value is -1.70. The van der Waals surface area contributed by atoms with Crippen LogP contribution in [0.5, 0.6) is 0 Å². The maximum atomic E-state index is 12.2. The van der Waals surface area contributed by atoms with E-state index in [1.54, 1.807) is 18.7 Å². The first-order chi connectivity index (χ1) is 8.35. The Bertz CT molecular complexity index is 424. The molecule has 0 spiro atoms. The van der Waals surface area contributed by atoms with Crippen molar-refractivity contribution in [1.29, 1.82) is 0 Å². The average molecular weight is 250 g/mol. The molecule has 3 unspecified atom stereocenters. The van der Waals surface area contributed by atoms with E-state index in [-0.39, 0.29) is 18.1 Å². The third-order valence-corrected chi connectivity index (χ3v) is 3.87. The minimum Gasteiger partial charge on any atom is -0.481 e. The smallest absolute Gasteiger partial charge is 0.319 e. The number of nitrogens with one attached hydrogen (secondary N) is 1. The second-order valence-electron chi connectivity index (χ2n) is 5.59. The topological polar surface area (TPSA) is 69.6 Å². The van der Waals surface area contributed by atoms with Crippen LogP contribution in [-0.4, -0.2) is 39.6 Å². The van der Waals surface area contributed by atoms with Crippen LogP contribution in [0.3, 0.4) is 0 Å². The summed E-state index contributed by atoms with van der Waals surface area (Å²) in [6.07, 6.45) is 7.55. The Labute approximate surface area is 107 Å². The number of hydrogen-bond donors (Lipinski definition) is 2. The number of rotatable bonds is 2. The fourth-order valence-corrected chi connectivity index (χ4v) is 2.94. The second kappa shape index (κ2) is 4.20. The van der Waals surface area contributed by atoms with Gasteiger partial charge in [0.05, 0.1) is 11.5 Å². The monoisotopic (exact) mass is 250 g/mol. The highest BCUT2D eigenvalue weighted by Gasteiger charge is 2.51. The highest BCUT2D eigenvalue weighted by Crippen LogP contribution is 2.41. The predicted octanol–water partition coefficient (Wildman–Crippen LogP) is 1.05. The van der Waals surface area contributed by atoms with Crippen LogP contribution >= 0.6 is 0 Å². The quantitative estimate of drug-likeness (QED) is 0.720. The van der Waals surface area contributed by atoms with E-state index in [1.165, 1.54) is 0 Å². The molecule has 5 nitrogen and oxygen atoms in total. The maximum absolute atomic E-state index is 12.2. The summed E-state index contributed by atoms with van der Waals surface area (Å²) in [5.41, 5.74) is -0.710. The molecular formula is C13H18N2O3. The first-order valence-corrected chi connectivity index (χ1v) is 6.17. The number of amides is 2. The molecule has 0 aromatic rings. The highest BCUT2D eigenvalue weighted by atomic mass is 16.4. The summed E-state index contributed by atoms with van der Waals surface area (Å²) in [5.74, 6) is 1.27. The molecule has 0 aliphatic carbocycles. The van der Waals surface area contributed by atoms with Crippen LogP contribution in [0.2, 0.25) is 0 Å². The van der Waals surface area contributed by atoms with Gasteiger partial charge in [0.2, 0.25) is 0 Å². The summed E-state index contributed by atoms with van der Waals surface area (Å²) < 4.78 is 0. The Morgan fingerprint density at radius 1 is 1.44 bits per heavy atom. The van der Waals surface area contributed by atoms with E-state index >= 15 is 0 Å². The number of terminal acetylenes is 1. The zero-order valence-corrected chi connectivity index (χ0v) is 10.6. The number of carboxylic acid groups (broad SMARTS) is 1. The molecule has 2 N–H and O–H groups in total. The van der Waals surface area contributed by atoms with E-state index in [2.05, 4.69) is 11.2 Å². The van der Waals surface area contributed by atoms with Crippen LogP contribution in [0.1, 0.15) is 33.1 Å². The molecular weight excluding hydrogens is 232 g/mol. The van der Waals surface area contributed by atoms with Gasteiger partial charge in [0.25, 0.3) is 0 Å². The standard InChI is InChI=1S/C13H18N2O3/c1-4-13(2,3)14-12(18)15-8-5-6-10(15)9(7-8)11(16)17/h1,8-10H,5-7H2,2-3H3,(H,14,18)(H,16,17). The summed E-state index contributed by atoms with van der Waals surface area (Å²) in [6, 6.07) is -0.375. The summed E-state index contributed by atoms with van der Waals surface area (Å²) in [5, 5.41) is 11.9. The minimum atomic E-state index is -0.809. The van der Waals surface area contributed by atoms with Crippen molar-refractivity contribution in [2.45, 2.75) is 50.7 Å². The lowest BCUT2D eigenvalue weighted by molar-refractivity contribution is -0.142.